The Kier molecular flexibility index (Phi) is 6.34. The van der Waals surface area contributed by atoms with Gasteiger partial charge in [-0.3, -0.25) is 9.71 Å². The standard InChI is InChI=1S/C24H22F2N4O3S/c1-4-34(31,32)29-21-13-19(17-10-15(2)28-16(3)11-17)24(14-22(21)30-9-5-8-27-30)33-23-7-6-18(25)12-20(23)26/h5-14,29H,4H2,1-3H3. The zero-order valence-corrected chi connectivity index (χ0v) is 19.5. The van der Waals surface area contributed by atoms with Crippen LogP contribution in [-0.2, 0) is 10.0 Å². The molecule has 2 heterocycles. The van der Waals surface area contributed by atoms with Crippen molar-refractivity contribution in [2.24, 2.45) is 0 Å². The second-order valence-electron chi connectivity index (χ2n) is 7.64. The molecule has 0 aliphatic rings. The monoisotopic (exact) mass is 484 g/mol. The average Bonchev–Trinajstić information content (AvgIpc) is 3.30. The number of aromatic nitrogens is 3. The molecule has 0 spiro atoms. The van der Waals surface area contributed by atoms with E-state index >= 15 is 0 Å². The smallest absolute Gasteiger partial charge is 0.232 e. The third-order valence-electron chi connectivity index (χ3n) is 5.00. The number of nitrogens with zero attached hydrogens (tertiary/aromatic N) is 3. The molecule has 0 saturated heterocycles. The molecule has 0 aliphatic carbocycles. The first-order valence-corrected chi connectivity index (χ1v) is 12.1. The fourth-order valence-corrected chi connectivity index (χ4v) is 4.11. The number of ether oxygens (including phenoxy) is 1. The van der Waals surface area contributed by atoms with Crippen LogP contribution in [0.15, 0.2) is 60.9 Å². The molecule has 4 aromatic rings. The Bertz CT molecular complexity index is 1440. The molecule has 34 heavy (non-hydrogen) atoms. The van der Waals surface area contributed by atoms with Gasteiger partial charge in [0.25, 0.3) is 0 Å². The minimum atomic E-state index is -3.63. The maximum atomic E-state index is 14.4. The van der Waals surface area contributed by atoms with Crippen LogP contribution < -0.4 is 9.46 Å². The topological polar surface area (TPSA) is 86.1 Å². The largest absolute Gasteiger partial charge is 0.454 e. The summed E-state index contributed by atoms with van der Waals surface area (Å²) in [6, 6.07) is 11.5. The van der Waals surface area contributed by atoms with Crippen molar-refractivity contribution in [3.05, 3.63) is 83.9 Å². The number of halogens is 2. The summed E-state index contributed by atoms with van der Waals surface area (Å²) in [4.78, 5) is 4.38. The molecule has 7 nitrogen and oxygen atoms in total. The van der Waals surface area contributed by atoms with Gasteiger partial charge in [-0.25, -0.2) is 21.9 Å². The summed E-state index contributed by atoms with van der Waals surface area (Å²) in [5, 5.41) is 4.20. The Balaban J connectivity index is 1.97. The van der Waals surface area contributed by atoms with Crippen molar-refractivity contribution in [3.8, 4) is 28.3 Å². The molecule has 0 radical (unpaired) electrons. The van der Waals surface area contributed by atoms with Crippen LogP contribution in [0.3, 0.4) is 0 Å². The molecule has 0 atom stereocenters. The van der Waals surface area contributed by atoms with Crippen molar-refractivity contribution in [3.63, 3.8) is 0 Å². The molecule has 2 aromatic heterocycles. The number of aryl methyl sites for hydroxylation is 2. The second-order valence-corrected chi connectivity index (χ2v) is 9.65. The predicted molar refractivity (Wildman–Crippen MR) is 126 cm³/mol. The van der Waals surface area contributed by atoms with Gasteiger partial charge in [0.1, 0.15) is 11.6 Å². The first kappa shape index (κ1) is 23.4. The predicted octanol–water partition coefficient (Wildman–Crippen LogP) is 5.38. The minimum absolute atomic E-state index is 0.132. The van der Waals surface area contributed by atoms with E-state index in [1.807, 2.05) is 26.0 Å². The maximum absolute atomic E-state index is 14.4. The highest BCUT2D eigenvalue weighted by molar-refractivity contribution is 7.92. The minimum Gasteiger partial charge on any atom is -0.454 e. The van der Waals surface area contributed by atoms with Crippen molar-refractivity contribution in [2.45, 2.75) is 20.8 Å². The molecule has 1 N–H and O–H groups in total. The number of hydrogen-bond donors (Lipinski definition) is 1. The van der Waals surface area contributed by atoms with Crippen molar-refractivity contribution in [1.29, 1.82) is 0 Å². The van der Waals surface area contributed by atoms with Gasteiger partial charge in [-0.05, 0) is 62.7 Å². The van der Waals surface area contributed by atoms with Gasteiger partial charge in [-0.15, -0.1) is 0 Å². The van der Waals surface area contributed by atoms with Gasteiger partial charge in [0.15, 0.2) is 11.6 Å². The number of nitrogens with one attached hydrogen (secondary N) is 1. The Hall–Kier alpha value is -3.79. The third kappa shape index (κ3) is 5.07. The molecule has 0 aliphatic heterocycles. The summed E-state index contributed by atoms with van der Waals surface area (Å²) in [6.45, 7) is 5.19. The molecule has 2 aromatic carbocycles. The fourth-order valence-electron chi connectivity index (χ4n) is 3.47. The second kappa shape index (κ2) is 9.22. The van der Waals surface area contributed by atoms with Gasteiger partial charge in [-0.1, -0.05) is 0 Å². The number of hydrogen-bond acceptors (Lipinski definition) is 5. The van der Waals surface area contributed by atoms with Gasteiger partial charge in [0, 0.05) is 41.5 Å². The number of anilines is 1. The molecule has 0 fully saturated rings. The number of benzene rings is 2. The highest BCUT2D eigenvalue weighted by Gasteiger charge is 2.20. The highest BCUT2D eigenvalue weighted by Crippen LogP contribution is 2.40. The lowest BCUT2D eigenvalue weighted by Gasteiger charge is -2.19. The van der Waals surface area contributed by atoms with Crippen molar-refractivity contribution >= 4 is 15.7 Å². The van der Waals surface area contributed by atoms with E-state index in [0.717, 1.165) is 23.5 Å². The van der Waals surface area contributed by atoms with E-state index in [1.54, 1.807) is 30.6 Å². The SMILES string of the molecule is CCS(=O)(=O)Nc1cc(-c2cc(C)nc(C)c2)c(Oc2ccc(F)cc2F)cc1-n1cccn1. The average molecular weight is 485 g/mol. The van der Waals surface area contributed by atoms with Crippen LogP contribution in [0.2, 0.25) is 0 Å². The molecule has 176 valence electrons. The quantitative estimate of drug-likeness (QED) is 0.380. The summed E-state index contributed by atoms with van der Waals surface area (Å²) in [5.41, 5.74) is 3.28. The van der Waals surface area contributed by atoms with E-state index in [9.17, 15) is 17.2 Å². The lowest BCUT2D eigenvalue weighted by atomic mass is 10.0. The number of pyridine rings is 1. The van der Waals surface area contributed by atoms with Crippen molar-refractivity contribution in [2.75, 3.05) is 10.5 Å². The summed E-state index contributed by atoms with van der Waals surface area (Å²) in [6.07, 6.45) is 3.18. The van der Waals surface area contributed by atoms with Crippen LogP contribution in [-0.4, -0.2) is 28.9 Å². The molecular weight excluding hydrogens is 462 g/mol. The number of rotatable bonds is 7. The Morgan fingerprint density at radius 1 is 1.03 bits per heavy atom. The van der Waals surface area contributed by atoms with Crippen molar-refractivity contribution < 1.29 is 21.9 Å². The summed E-state index contributed by atoms with van der Waals surface area (Å²) >= 11 is 0. The van der Waals surface area contributed by atoms with E-state index in [2.05, 4.69) is 14.8 Å². The molecule has 10 heteroatoms. The Morgan fingerprint density at radius 2 is 1.76 bits per heavy atom. The molecule has 0 saturated carbocycles. The van der Waals surface area contributed by atoms with E-state index in [-0.39, 0.29) is 22.9 Å². The molecular formula is C24H22F2N4O3S. The van der Waals surface area contributed by atoms with Gasteiger partial charge in [0.05, 0.1) is 17.1 Å². The first-order chi connectivity index (χ1) is 16.1. The zero-order valence-electron chi connectivity index (χ0n) is 18.7. The van der Waals surface area contributed by atoms with Gasteiger partial charge < -0.3 is 4.74 Å². The zero-order chi connectivity index (χ0) is 24.5. The molecule has 0 bridgehead atoms. The van der Waals surface area contributed by atoms with Crippen LogP contribution in [0.4, 0.5) is 14.5 Å². The molecule has 0 amide bonds. The van der Waals surface area contributed by atoms with Crippen LogP contribution >= 0.6 is 0 Å². The fraction of sp³-hybridized carbons (Fsp3) is 0.167. The van der Waals surface area contributed by atoms with Crippen LogP contribution in [0.25, 0.3) is 16.8 Å². The maximum Gasteiger partial charge on any atom is 0.232 e. The van der Waals surface area contributed by atoms with Crippen molar-refractivity contribution in [1.82, 2.24) is 14.8 Å². The lowest BCUT2D eigenvalue weighted by Crippen LogP contribution is -2.16. The Morgan fingerprint density at radius 3 is 2.38 bits per heavy atom. The summed E-state index contributed by atoms with van der Waals surface area (Å²) in [5.74, 6) is -1.69. The van der Waals surface area contributed by atoms with Crippen LogP contribution in [0.1, 0.15) is 18.3 Å². The van der Waals surface area contributed by atoms with E-state index in [4.69, 9.17) is 4.74 Å². The van der Waals surface area contributed by atoms with Crippen LogP contribution in [0, 0.1) is 25.5 Å². The Labute approximate surface area is 196 Å². The molecule has 4 rings (SSSR count). The van der Waals surface area contributed by atoms with Crippen LogP contribution in [0.5, 0.6) is 11.5 Å². The highest BCUT2D eigenvalue weighted by atomic mass is 32.2. The van der Waals surface area contributed by atoms with E-state index in [1.165, 1.54) is 17.7 Å². The third-order valence-corrected chi connectivity index (χ3v) is 6.29. The van der Waals surface area contributed by atoms with Gasteiger partial charge in [-0.2, -0.15) is 5.10 Å². The first-order valence-electron chi connectivity index (χ1n) is 10.4. The molecule has 0 unspecified atom stereocenters. The van der Waals surface area contributed by atoms with Gasteiger partial charge in [0.2, 0.25) is 10.0 Å². The van der Waals surface area contributed by atoms with E-state index in [0.29, 0.717) is 16.8 Å². The van der Waals surface area contributed by atoms with Gasteiger partial charge >= 0.3 is 0 Å². The van der Waals surface area contributed by atoms with E-state index < -0.39 is 21.7 Å². The normalized spacial score (nSPS) is 11.4. The summed E-state index contributed by atoms with van der Waals surface area (Å²) in [7, 11) is -3.63. The summed E-state index contributed by atoms with van der Waals surface area (Å²) < 4.78 is 62.7. The number of sulfonamides is 1. The lowest BCUT2D eigenvalue weighted by molar-refractivity contribution is 0.439.